The zero-order valence-corrected chi connectivity index (χ0v) is 16.9. The van der Waals surface area contributed by atoms with Crippen molar-refractivity contribution in [3.63, 3.8) is 0 Å². The summed E-state index contributed by atoms with van der Waals surface area (Å²) < 4.78 is 10.9. The van der Waals surface area contributed by atoms with Crippen LogP contribution in [0.1, 0.15) is 38.8 Å². The summed E-state index contributed by atoms with van der Waals surface area (Å²) in [5.74, 6) is 0.0221. The normalized spacial score (nSPS) is 11.4. The summed E-state index contributed by atoms with van der Waals surface area (Å²) in [7, 11) is 0. The Balaban J connectivity index is 1.83. The van der Waals surface area contributed by atoms with Crippen LogP contribution in [-0.4, -0.2) is 17.4 Å². The van der Waals surface area contributed by atoms with Crippen molar-refractivity contribution in [3.8, 4) is 5.75 Å². The van der Waals surface area contributed by atoms with Crippen LogP contribution in [0.5, 0.6) is 5.75 Å². The van der Waals surface area contributed by atoms with Gasteiger partial charge in [0.15, 0.2) is 0 Å². The summed E-state index contributed by atoms with van der Waals surface area (Å²) in [6, 6.07) is 10.3. The second kappa shape index (κ2) is 7.95. The van der Waals surface area contributed by atoms with Crippen molar-refractivity contribution in [1.82, 2.24) is 0 Å². The van der Waals surface area contributed by atoms with Crippen LogP contribution in [0.15, 0.2) is 47.1 Å². The van der Waals surface area contributed by atoms with E-state index in [-0.39, 0.29) is 29.1 Å². The monoisotopic (exact) mass is 396 g/mol. The summed E-state index contributed by atoms with van der Waals surface area (Å²) in [5.41, 5.74) is 2.46. The minimum atomic E-state index is -0.541. The lowest BCUT2D eigenvalue weighted by Gasteiger charge is -2.18. The third-order valence-corrected chi connectivity index (χ3v) is 4.62. The average Bonchev–Trinajstić information content (AvgIpc) is 3.04. The van der Waals surface area contributed by atoms with Crippen molar-refractivity contribution in [1.29, 1.82) is 0 Å². The number of fused-ring (bicyclic) bond motifs is 1. The molecule has 0 spiro atoms. The van der Waals surface area contributed by atoms with E-state index in [1.807, 2.05) is 18.2 Å². The molecule has 2 aromatic carbocycles. The minimum absolute atomic E-state index is 0.0338. The van der Waals surface area contributed by atoms with E-state index in [0.29, 0.717) is 17.9 Å². The first-order chi connectivity index (χ1) is 13.7. The van der Waals surface area contributed by atoms with Crippen LogP contribution in [0, 0.1) is 10.1 Å². The van der Waals surface area contributed by atoms with Gasteiger partial charge in [-0.15, -0.1) is 0 Å². The van der Waals surface area contributed by atoms with Gasteiger partial charge in [-0.2, -0.15) is 0 Å². The van der Waals surface area contributed by atoms with Gasteiger partial charge in [0.2, 0.25) is 5.91 Å². The second-order valence-electron chi connectivity index (χ2n) is 7.82. The molecule has 0 unspecified atom stereocenters. The molecule has 1 heterocycles. The fraction of sp³-hybridized carbons (Fsp3) is 0.318. The highest BCUT2D eigenvalue weighted by Gasteiger charge is 2.20. The van der Waals surface area contributed by atoms with Gasteiger partial charge in [0.25, 0.3) is 5.69 Å². The molecule has 7 nitrogen and oxygen atoms in total. The van der Waals surface area contributed by atoms with E-state index in [2.05, 4.69) is 26.1 Å². The van der Waals surface area contributed by atoms with Gasteiger partial charge in [-0.1, -0.05) is 26.8 Å². The largest absolute Gasteiger partial charge is 0.494 e. The number of hydrogen-bond donors (Lipinski definition) is 1. The van der Waals surface area contributed by atoms with Gasteiger partial charge < -0.3 is 14.5 Å². The van der Waals surface area contributed by atoms with Gasteiger partial charge in [-0.3, -0.25) is 14.9 Å². The van der Waals surface area contributed by atoms with Crippen LogP contribution in [-0.2, 0) is 16.6 Å². The Hall–Kier alpha value is -3.35. The third-order valence-electron chi connectivity index (χ3n) is 4.62. The number of rotatable bonds is 6. The maximum atomic E-state index is 12.6. The molecule has 0 atom stereocenters. The van der Waals surface area contributed by atoms with Crippen molar-refractivity contribution in [3.05, 3.63) is 63.9 Å². The fourth-order valence-electron chi connectivity index (χ4n) is 3.08. The molecule has 29 heavy (non-hydrogen) atoms. The van der Waals surface area contributed by atoms with Gasteiger partial charge in [0.1, 0.15) is 17.0 Å². The average molecular weight is 396 g/mol. The molecule has 0 fully saturated rings. The van der Waals surface area contributed by atoms with Gasteiger partial charge in [0.05, 0.1) is 30.3 Å². The molecule has 0 radical (unpaired) electrons. The fourth-order valence-corrected chi connectivity index (χ4v) is 3.08. The highest BCUT2D eigenvalue weighted by atomic mass is 16.6. The quantitative estimate of drug-likeness (QED) is 0.455. The molecule has 1 aromatic heterocycles. The number of hydrogen-bond acceptors (Lipinski definition) is 5. The first kappa shape index (κ1) is 20.4. The molecule has 3 aromatic rings. The van der Waals surface area contributed by atoms with Crippen LogP contribution < -0.4 is 10.1 Å². The Bertz CT molecular complexity index is 1060. The number of nitro benzene ring substituents is 1. The molecule has 0 aliphatic carbocycles. The molecule has 1 N–H and O–H groups in total. The van der Waals surface area contributed by atoms with Crippen molar-refractivity contribution < 1.29 is 18.9 Å². The molecule has 7 heteroatoms. The lowest BCUT2D eigenvalue weighted by atomic mass is 9.86. The molecule has 3 rings (SSSR count). The Morgan fingerprint density at radius 3 is 2.62 bits per heavy atom. The third kappa shape index (κ3) is 4.56. The number of amides is 1. The number of ether oxygens (including phenoxy) is 1. The number of nitro groups is 1. The maximum Gasteiger partial charge on any atom is 0.296 e. The van der Waals surface area contributed by atoms with E-state index in [4.69, 9.17) is 9.15 Å². The number of carbonyl (C=O) groups is 1. The summed E-state index contributed by atoms with van der Waals surface area (Å²) >= 11 is 0. The smallest absolute Gasteiger partial charge is 0.296 e. The molecule has 0 aliphatic heterocycles. The van der Waals surface area contributed by atoms with Crippen LogP contribution in [0.2, 0.25) is 0 Å². The van der Waals surface area contributed by atoms with Gasteiger partial charge in [-0.05, 0) is 42.2 Å². The van der Waals surface area contributed by atoms with E-state index in [1.54, 1.807) is 19.3 Å². The predicted octanol–water partition coefficient (Wildman–Crippen LogP) is 5.22. The SMILES string of the molecule is CCOc1ccc(NC(=O)Cc2coc3ccc(C(C)(C)C)cc23)c([N+](=O)[O-])c1. The van der Waals surface area contributed by atoms with E-state index in [0.717, 1.165) is 16.5 Å². The van der Waals surface area contributed by atoms with Gasteiger partial charge in [-0.25, -0.2) is 0 Å². The minimum Gasteiger partial charge on any atom is -0.494 e. The summed E-state index contributed by atoms with van der Waals surface area (Å²) in [4.78, 5) is 23.4. The number of carbonyl (C=O) groups excluding carboxylic acids is 1. The predicted molar refractivity (Wildman–Crippen MR) is 112 cm³/mol. The summed E-state index contributed by atoms with van der Waals surface area (Å²) in [6.45, 7) is 8.54. The Morgan fingerprint density at radius 2 is 1.97 bits per heavy atom. The molecule has 0 bridgehead atoms. The Morgan fingerprint density at radius 1 is 1.21 bits per heavy atom. The maximum absolute atomic E-state index is 12.6. The van der Waals surface area contributed by atoms with Crippen molar-refractivity contribution in [2.24, 2.45) is 0 Å². The number of nitrogens with zero attached hydrogens (tertiary/aromatic N) is 1. The molecule has 152 valence electrons. The van der Waals surface area contributed by atoms with Crippen molar-refractivity contribution in [2.75, 3.05) is 11.9 Å². The standard InChI is InChI=1S/C22H24N2O5/c1-5-28-16-7-8-18(19(12-16)24(26)27)23-21(25)10-14-13-29-20-9-6-15(11-17(14)20)22(2,3)4/h6-9,11-13H,5,10H2,1-4H3,(H,23,25). The first-order valence-corrected chi connectivity index (χ1v) is 9.40. The summed E-state index contributed by atoms with van der Waals surface area (Å²) in [5, 5.41) is 14.9. The van der Waals surface area contributed by atoms with E-state index < -0.39 is 4.92 Å². The molecule has 0 saturated heterocycles. The number of anilines is 1. The first-order valence-electron chi connectivity index (χ1n) is 9.40. The number of benzene rings is 2. The van der Waals surface area contributed by atoms with E-state index >= 15 is 0 Å². The zero-order chi connectivity index (χ0) is 21.2. The molecule has 0 saturated carbocycles. The van der Waals surface area contributed by atoms with Crippen LogP contribution in [0.4, 0.5) is 11.4 Å². The van der Waals surface area contributed by atoms with Crippen LogP contribution >= 0.6 is 0 Å². The Kier molecular flexibility index (Phi) is 5.59. The van der Waals surface area contributed by atoms with Crippen LogP contribution in [0.25, 0.3) is 11.0 Å². The number of nitrogens with one attached hydrogen (secondary N) is 1. The Labute approximate surface area is 168 Å². The zero-order valence-electron chi connectivity index (χ0n) is 16.9. The highest BCUT2D eigenvalue weighted by Crippen LogP contribution is 2.31. The van der Waals surface area contributed by atoms with Gasteiger partial charge >= 0.3 is 0 Å². The van der Waals surface area contributed by atoms with Crippen LogP contribution in [0.3, 0.4) is 0 Å². The van der Waals surface area contributed by atoms with Gasteiger partial charge in [0, 0.05) is 10.9 Å². The van der Waals surface area contributed by atoms with Crippen molar-refractivity contribution in [2.45, 2.75) is 39.5 Å². The lowest BCUT2D eigenvalue weighted by molar-refractivity contribution is -0.384. The molecular weight excluding hydrogens is 372 g/mol. The second-order valence-corrected chi connectivity index (χ2v) is 7.82. The highest BCUT2D eigenvalue weighted by molar-refractivity contribution is 5.97. The lowest BCUT2D eigenvalue weighted by Crippen LogP contribution is -2.15. The van der Waals surface area contributed by atoms with E-state index in [1.165, 1.54) is 12.1 Å². The number of furan rings is 1. The molecule has 1 amide bonds. The molecule has 0 aliphatic rings. The molecular formula is C22H24N2O5. The topological polar surface area (TPSA) is 94.6 Å². The van der Waals surface area contributed by atoms with Crippen molar-refractivity contribution >= 4 is 28.3 Å². The summed E-state index contributed by atoms with van der Waals surface area (Å²) in [6.07, 6.45) is 1.61. The van der Waals surface area contributed by atoms with E-state index in [9.17, 15) is 14.9 Å².